The van der Waals surface area contributed by atoms with Crippen LogP contribution in [0.3, 0.4) is 0 Å². The highest BCUT2D eigenvalue weighted by molar-refractivity contribution is 7.09. The van der Waals surface area contributed by atoms with Crippen LogP contribution in [0, 0.1) is 0 Å². The largest absolute Gasteiger partial charge is 0.353 e. The second-order valence-corrected chi connectivity index (χ2v) is 5.30. The van der Waals surface area contributed by atoms with Gasteiger partial charge in [0.25, 0.3) is 3.79 Å². The summed E-state index contributed by atoms with van der Waals surface area (Å²) >= 11 is 17.9. The van der Waals surface area contributed by atoms with Crippen molar-refractivity contribution in [1.82, 2.24) is 9.36 Å². The lowest BCUT2D eigenvalue weighted by atomic mass is 10.7. The Morgan fingerprint density at radius 1 is 1.33 bits per heavy atom. The minimum absolute atomic E-state index is 0.223. The van der Waals surface area contributed by atoms with Gasteiger partial charge in [-0.1, -0.05) is 34.8 Å². The topological polar surface area (TPSA) is 29.0 Å². The molecule has 1 aromatic heterocycles. The Balaban J connectivity index is 2.92. The van der Waals surface area contributed by atoms with Gasteiger partial charge < -0.3 is 4.90 Å². The molecule has 0 aliphatic carbocycles. The van der Waals surface area contributed by atoms with Gasteiger partial charge in [0.2, 0.25) is 5.13 Å². The SMILES string of the molecule is CN(C)c1nc(C(Cl)(Cl)Cl)ns1. The molecule has 0 aliphatic heterocycles. The summed E-state index contributed by atoms with van der Waals surface area (Å²) in [5.41, 5.74) is 0. The first kappa shape index (κ1) is 10.3. The van der Waals surface area contributed by atoms with Crippen molar-refractivity contribution in [1.29, 1.82) is 0 Å². The van der Waals surface area contributed by atoms with Crippen molar-refractivity contribution in [3.8, 4) is 0 Å². The second kappa shape index (κ2) is 3.54. The Hall–Kier alpha value is 0.230. The third-order valence-corrected chi connectivity index (χ3v) is 2.44. The summed E-state index contributed by atoms with van der Waals surface area (Å²) in [7, 11) is 3.70. The van der Waals surface area contributed by atoms with Gasteiger partial charge in [-0.15, -0.1) is 0 Å². The molecule has 0 aliphatic rings. The lowest BCUT2D eigenvalue weighted by Crippen LogP contribution is -2.09. The highest BCUT2D eigenvalue weighted by Gasteiger charge is 2.28. The quantitative estimate of drug-likeness (QED) is 0.713. The highest BCUT2D eigenvalue weighted by atomic mass is 35.6. The monoisotopic (exact) mass is 245 g/mol. The van der Waals surface area contributed by atoms with Crippen molar-refractivity contribution >= 4 is 51.5 Å². The smallest absolute Gasteiger partial charge is 0.251 e. The number of halogens is 3. The summed E-state index contributed by atoms with van der Waals surface area (Å²) < 4.78 is 2.38. The van der Waals surface area contributed by atoms with Crippen molar-refractivity contribution < 1.29 is 0 Å². The predicted molar refractivity (Wildman–Crippen MR) is 53.5 cm³/mol. The van der Waals surface area contributed by atoms with E-state index in [1.807, 2.05) is 14.1 Å². The summed E-state index contributed by atoms with van der Waals surface area (Å²) in [4.78, 5) is 5.82. The summed E-state index contributed by atoms with van der Waals surface area (Å²) in [5.74, 6) is 0.223. The van der Waals surface area contributed by atoms with Gasteiger partial charge in [-0.05, 0) is 0 Å². The molecule has 0 saturated carbocycles. The lowest BCUT2D eigenvalue weighted by molar-refractivity contribution is 1.01. The molecule has 0 N–H and O–H groups in total. The maximum atomic E-state index is 5.57. The molecule has 0 saturated heterocycles. The van der Waals surface area contributed by atoms with Crippen LogP contribution in [0.5, 0.6) is 0 Å². The van der Waals surface area contributed by atoms with Crippen molar-refractivity contribution in [3.63, 3.8) is 0 Å². The van der Waals surface area contributed by atoms with Gasteiger partial charge in [-0.25, -0.2) is 0 Å². The first-order valence-corrected chi connectivity index (χ1v) is 4.90. The molecule has 3 nitrogen and oxygen atoms in total. The Kier molecular flexibility index (Phi) is 3.04. The molecule has 12 heavy (non-hydrogen) atoms. The fourth-order valence-corrected chi connectivity index (χ4v) is 1.55. The van der Waals surface area contributed by atoms with E-state index in [-0.39, 0.29) is 5.82 Å². The number of hydrogen-bond acceptors (Lipinski definition) is 4. The summed E-state index contributed by atoms with van der Waals surface area (Å²) in [5, 5.41) is 0.719. The van der Waals surface area contributed by atoms with Crippen LogP contribution in [0.25, 0.3) is 0 Å². The average Bonchev–Trinajstić information content (AvgIpc) is 2.30. The molecule has 0 aromatic carbocycles. The summed E-state index contributed by atoms with van der Waals surface area (Å²) in [6.45, 7) is 0. The van der Waals surface area contributed by atoms with Gasteiger partial charge in [-0.2, -0.15) is 9.36 Å². The van der Waals surface area contributed by atoms with Crippen molar-refractivity contribution in [2.24, 2.45) is 0 Å². The third kappa shape index (κ3) is 2.36. The molecule has 7 heteroatoms. The maximum absolute atomic E-state index is 5.57. The molecule has 0 atom stereocenters. The minimum atomic E-state index is -1.52. The van der Waals surface area contributed by atoms with Gasteiger partial charge in [0, 0.05) is 25.6 Å². The zero-order chi connectivity index (χ0) is 9.35. The van der Waals surface area contributed by atoms with E-state index in [1.165, 1.54) is 11.5 Å². The molecule has 0 bridgehead atoms. The van der Waals surface area contributed by atoms with Gasteiger partial charge in [0.15, 0.2) is 5.82 Å². The van der Waals surface area contributed by atoms with Gasteiger partial charge in [0.1, 0.15) is 0 Å². The fraction of sp³-hybridized carbons (Fsp3) is 0.600. The van der Waals surface area contributed by atoms with E-state index < -0.39 is 3.79 Å². The van der Waals surface area contributed by atoms with E-state index in [2.05, 4.69) is 9.36 Å². The lowest BCUT2D eigenvalue weighted by Gasteiger charge is -2.06. The number of alkyl halides is 3. The molecule has 0 unspecified atom stereocenters. The van der Waals surface area contributed by atoms with Crippen molar-refractivity contribution in [2.45, 2.75) is 3.79 Å². The van der Waals surface area contributed by atoms with Crippen molar-refractivity contribution in [3.05, 3.63) is 5.82 Å². The zero-order valence-electron chi connectivity index (χ0n) is 6.38. The van der Waals surface area contributed by atoms with Gasteiger partial charge >= 0.3 is 0 Å². The molecular formula is C5H6Cl3N3S. The van der Waals surface area contributed by atoms with Crippen molar-refractivity contribution in [2.75, 3.05) is 19.0 Å². The zero-order valence-corrected chi connectivity index (χ0v) is 9.47. The van der Waals surface area contributed by atoms with Crippen LogP contribution < -0.4 is 4.90 Å². The van der Waals surface area contributed by atoms with Crippen LogP contribution >= 0.6 is 46.3 Å². The van der Waals surface area contributed by atoms with Crippen LogP contribution in [-0.2, 0) is 3.79 Å². The van der Waals surface area contributed by atoms with Gasteiger partial charge in [-0.3, -0.25) is 0 Å². The molecule has 0 radical (unpaired) electrons. The fourth-order valence-electron chi connectivity index (χ4n) is 0.512. The number of rotatable bonds is 1. The van der Waals surface area contributed by atoms with Crippen LogP contribution in [-0.4, -0.2) is 23.5 Å². The van der Waals surface area contributed by atoms with Crippen LogP contribution in [0.4, 0.5) is 5.13 Å². The Morgan fingerprint density at radius 2 is 1.92 bits per heavy atom. The second-order valence-electron chi connectivity index (χ2n) is 2.29. The van der Waals surface area contributed by atoms with Crippen LogP contribution in [0.15, 0.2) is 0 Å². The molecule has 1 aromatic rings. The first-order valence-electron chi connectivity index (χ1n) is 2.99. The Bertz CT molecular complexity index is 267. The minimum Gasteiger partial charge on any atom is -0.353 e. The molecule has 68 valence electrons. The van der Waals surface area contributed by atoms with E-state index >= 15 is 0 Å². The maximum Gasteiger partial charge on any atom is 0.251 e. The molecule has 0 fully saturated rings. The van der Waals surface area contributed by atoms with Crippen LogP contribution in [0.2, 0.25) is 0 Å². The normalized spacial score (nSPS) is 11.8. The number of aromatic nitrogens is 2. The van der Waals surface area contributed by atoms with E-state index in [9.17, 15) is 0 Å². The average molecular weight is 247 g/mol. The molecule has 0 amide bonds. The van der Waals surface area contributed by atoms with Gasteiger partial charge in [0.05, 0.1) is 0 Å². The summed E-state index contributed by atoms with van der Waals surface area (Å²) in [6, 6.07) is 0. The summed E-state index contributed by atoms with van der Waals surface area (Å²) in [6.07, 6.45) is 0. The predicted octanol–water partition coefficient (Wildman–Crippen LogP) is 2.43. The third-order valence-electron chi connectivity index (χ3n) is 1.05. The molecule has 0 spiro atoms. The highest BCUT2D eigenvalue weighted by Crippen LogP contribution is 2.37. The van der Waals surface area contributed by atoms with Crippen LogP contribution in [0.1, 0.15) is 5.82 Å². The van der Waals surface area contributed by atoms with E-state index in [4.69, 9.17) is 34.8 Å². The number of hydrogen-bond donors (Lipinski definition) is 0. The van der Waals surface area contributed by atoms with E-state index in [0.29, 0.717) is 0 Å². The molecule has 1 rings (SSSR count). The number of nitrogens with zero attached hydrogens (tertiary/aromatic N) is 3. The van der Waals surface area contributed by atoms with E-state index in [1.54, 1.807) is 4.90 Å². The molecular weight excluding hydrogens is 241 g/mol. The van der Waals surface area contributed by atoms with E-state index in [0.717, 1.165) is 5.13 Å². The number of anilines is 1. The first-order chi connectivity index (χ1) is 5.41. The Labute approximate surface area is 89.4 Å². The standard InChI is InChI=1S/C5H6Cl3N3S/c1-11(2)4-9-3(10-12-4)5(6,7)8/h1-2H3. The molecule has 1 heterocycles. The Morgan fingerprint density at radius 3 is 2.17 bits per heavy atom.